The number of rotatable bonds is 8. The van der Waals surface area contributed by atoms with Crippen molar-refractivity contribution < 1.29 is 33.3 Å². The Kier molecular flexibility index (Phi) is 7.28. The van der Waals surface area contributed by atoms with Gasteiger partial charge in [-0.05, 0) is 43.2 Å². The SMILES string of the molecule is O=C(O)C1=CN(C2CC2)c2cc(N3CCN(C(CO)N/N=C/c4cc(F)ccc4F)CC3)c(F)cc2C1O. The van der Waals surface area contributed by atoms with E-state index in [1.54, 1.807) is 6.07 Å². The second-order valence-electron chi connectivity index (χ2n) is 9.57. The summed E-state index contributed by atoms with van der Waals surface area (Å²) in [6.07, 6.45) is 2.35. The third-order valence-corrected chi connectivity index (χ3v) is 7.08. The number of halogens is 3. The molecule has 5 rings (SSSR count). The molecule has 1 saturated heterocycles. The van der Waals surface area contributed by atoms with Crippen LogP contribution in [0.25, 0.3) is 0 Å². The Morgan fingerprint density at radius 3 is 2.47 bits per heavy atom. The number of aliphatic hydroxyl groups is 2. The van der Waals surface area contributed by atoms with E-state index >= 15 is 4.39 Å². The van der Waals surface area contributed by atoms with Gasteiger partial charge < -0.3 is 25.1 Å². The number of anilines is 2. The van der Waals surface area contributed by atoms with Crippen molar-refractivity contribution in [3.63, 3.8) is 0 Å². The van der Waals surface area contributed by atoms with Crippen molar-refractivity contribution in [3.8, 4) is 0 Å². The van der Waals surface area contributed by atoms with Crippen molar-refractivity contribution in [3.05, 3.63) is 70.7 Å². The van der Waals surface area contributed by atoms with Crippen LogP contribution in [0.5, 0.6) is 0 Å². The molecule has 2 aromatic rings. The lowest BCUT2D eigenvalue weighted by atomic mass is 9.95. The number of piperazine rings is 1. The van der Waals surface area contributed by atoms with E-state index in [0.29, 0.717) is 37.6 Å². The van der Waals surface area contributed by atoms with Crippen molar-refractivity contribution in [2.75, 3.05) is 42.6 Å². The molecule has 0 spiro atoms. The number of hydrogen-bond donors (Lipinski definition) is 4. The van der Waals surface area contributed by atoms with Gasteiger partial charge in [0.2, 0.25) is 0 Å². The first kappa shape index (κ1) is 26.0. The Labute approximate surface area is 217 Å². The van der Waals surface area contributed by atoms with Gasteiger partial charge in [-0.1, -0.05) is 0 Å². The van der Waals surface area contributed by atoms with Gasteiger partial charge in [0.15, 0.2) is 0 Å². The number of benzene rings is 2. The maximum absolute atomic E-state index is 15.2. The first-order valence-corrected chi connectivity index (χ1v) is 12.3. The van der Waals surface area contributed by atoms with Crippen molar-refractivity contribution in [1.29, 1.82) is 0 Å². The van der Waals surface area contributed by atoms with Gasteiger partial charge in [-0.3, -0.25) is 10.3 Å². The molecule has 2 atom stereocenters. The molecule has 9 nitrogen and oxygen atoms in total. The summed E-state index contributed by atoms with van der Waals surface area (Å²) in [6, 6.07) is 6.02. The zero-order valence-electron chi connectivity index (χ0n) is 20.4. The first-order chi connectivity index (χ1) is 18.3. The molecule has 12 heteroatoms. The number of carbonyl (C=O) groups is 1. The molecule has 0 amide bonds. The molecule has 1 aliphatic carbocycles. The van der Waals surface area contributed by atoms with Crippen LogP contribution in [0, 0.1) is 17.5 Å². The summed E-state index contributed by atoms with van der Waals surface area (Å²) in [5.41, 5.74) is 3.72. The Morgan fingerprint density at radius 2 is 1.82 bits per heavy atom. The average molecular weight is 532 g/mol. The van der Waals surface area contributed by atoms with Crippen LogP contribution in [0.3, 0.4) is 0 Å². The number of nitrogens with one attached hydrogen (secondary N) is 1. The first-order valence-electron chi connectivity index (χ1n) is 12.3. The fraction of sp³-hybridized carbons (Fsp3) is 0.385. The molecule has 4 N–H and O–H groups in total. The standard InChI is InChI=1S/C26H28F3N5O4/c27-16-1-4-20(28)15(9-16)12-30-31-24(14-35)33-7-5-32(6-8-33)23-11-22-18(10-21(23)29)25(36)19(26(37)38)13-34(22)17-2-3-17/h1,4,9-13,17,24-25,31,35-36H,2-3,5-8,14H2,(H,37,38)/b30-12+. The quantitative estimate of drug-likeness (QED) is 0.303. The predicted molar refractivity (Wildman–Crippen MR) is 134 cm³/mol. The van der Waals surface area contributed by atoms with E-state index in [1.165, 1.54) is 12.3 Å². The summed E-state index contributed by atoms with van der Waals surface area (Å²) in [4.78, 5) is 17.2. The second-order valence-corrected chi connectivity index (χ2v) is 9.57. The average Bonchev–Trinajstić information content (AvgIpc) is 3.74. The van der Waals surface area contributed by atoms with Crippen LogP contribution in [0.2, 0.25) is 0 Å². The number of hydrogen-bond acceptors (Lipinski definition) is 8. The number of aliphatic hydroxyl groups excluding tert-OH is 2. The van der Waals surface area contributed by atoms with Gasteiger partial charge in [-0.15, -0.1) is 0 Å². The van der Waals surface area contributed by atoms with Crippen molar-refractivity contribution in [1.82, 2.24) is 10.3 Å². The van der Waals surface area contributed by atoms with E-state index in [0.717, 1.165) is 37.3 Å². The molecule has 2 heterocycles. The molecule has 2 aromatic carbocycles. The van der Waals surface area contributed by atoms with Gasteiger partial charge in [0.05, 0.1) is 24.1 Å². The van der Waals surface area contributed by atoms with E-state index in [-0.39, 0.29) is 29.3 Å². The minimum Gasteiger partial charge on any atom is -0.478 e. The van der Waals surface area contributed by atoms with E-state index < -0.39 is 35.7 Å². The van der Waals surface area contributed by atoms with Gasteiger partial charge in [0.1, 0.15) is 29.7 Å². The van der Waals surface area contributed by atoms with Crippen LogP contribution < -0.4 is 15.2 Å². The lowest BCUT2D eigenvalue weighted by Crippen LogP contribution is -2.55. The molecule has 2 aliphatic heterocycles. The highest BCUT2D eigenvalue weighted by Gasteiger charge is 2.38. The van der Waals surface area contributed by atoms with Crippen LogP contribution >= 0.6 is 0 Å². The maximum atomic E-state index is 15.2. The number of carboxylic acids is 1. The van der Waals surface area contributed by atoms with Crippen molar-refractivity contribution >= 4 is 23.6 Å². The van der Waals surface area contributed by atoms with E-state index in [9.17, 15) is 28.9 Å². The fourth-order valence-corrected chi connectivity index (χ4v) is 4.85. The molecule has 1 saturated carbocycles. The van der Waals surface area contributed by atoms with E-state index in [1.807, 2.05) is 14.7 Å². The minimum atomic E-state index is -1.42. The Hall–Kier alpha value is -3.61. The smallest absolute Gasteiger partial charge is 0.336 e. The van der Waals surface area contributed by atoms with Gasteiger partial charge in [0.25, 0.3) is 0 Å². The summed E-state index contributed by atoms with van der Waals surface area (Å²) < 4.78 is 42.4. The van der Waals surface area contributed by atoms with E-state index in [4.69, 9.17) is 0 Å². The lowest BCUT2D eigenvalue weighted by molar-refractivity contribution is -0.133. The number of nitrogens with zero attached hydrogens (tertiary/aromatic N) is 4. The molecule has 2 fully saturated rings. The second kappa shape index (κ2) is 10.6. The highest BCUT2D eigenvalue weighted by Crippen LogP contribution is 2.44. The molecule has 0 aromatic heterocycles. The molecule has 38 heavy (non-hydrogen) atoms. The van der Waals surface area contributed by atoms with Crippen molar-refractivity contribution in [2.24, 2.45) is 5.10 Å². The number of fused-ring (bicyclic) bond motifs is 1. The largest absolute Gasteiger partial charge is 0.478 e. The monoisotopic (exact) mass is 531 g/mol. The normalized spacial score (nSPS) is 20.9. The number of carboxylic acid groups (broad SMARTS) is 1. The van der Waals surface area contributed by atoms with Gasteiger partial charge >= 0.3 is 5.97 Å². The zero-order chi connectivity index (χ0) is 27.0. The Bertz CT molecular complexity index is 1280. The minimum absolute atomic E-state index is 0.0300. The molecule has 0 bridgehead atoms. The van der Waals surface area contributed by atoms with Gasteiger partial charge in [-0.2, -0.15) is 5.10 Å². The van der Waals surface area contributed by atoms with Crippen LogP contribution in [-0.2, 0) is 4.79 Å². The van der Waals surface area contributed by atoms with Crippen LogP contribution in [-0.4, -0.2) is 77.4 Å². The highest BCUT2D eigenvalue weighted by molar-refractivity contribution is 5.91. The fourth-order valence-electron chi connectivity index (χ4n) is 4.85. The van der Waals surface area contributed by atoms with Crippen LogP contribution in [0.4, 0.5) is 24.5 Å². The Balaban J connectivity index is 1.27. The Morgan fingerprint density at radius 1 is 1.08 bits per heavy atom. The third-order valence-electron chi connectivity index (χ3n) is 7.08. The zero-order valence-corrected chi connectivity index (χ0v) is 20.4. The van der Waals surface area contributed by atoms with E-state index in [2.05, 4.69) is 10.5 Å². The molecule has 202 valence electrons. The summed E-state index contributed by atoms with van der Waals surface area (Å²) in [5.74, 6) is -3.02. The summed E-state index contributed by atoms with van der Waals surface area (Å²) in [6.45, 7) is 1.48. The summed E-state index contributed by atoms with van der Waals surface area (Å²) in [5, 5.41) is 33.9. The number of aliphatic carboxylic acids is 1. The third kappa shape index (κ3) is 5.19. The number of hydrazone groups is 1. The topological polar surface area (TPSA) is 112 Å². The maximum Gasteiger partial charge on any atom is 0.336 e. The van der Waals surface area contributed by atoms with Crippen LogP contribution in [0.15, 0.2) is 47.2 Å². The van der Waals surface area contributed by atoms with Gasteiger partial charge in [0, 0.05) is 55.2 Å². The summed E-state index contributed by atoms with van der Waals surface area (Å²) in [7, 11) is 0. The van der Waals surface area contributed by atoms with Gasteiger partial charge in [-0.25, -0.2) is 18.0 Å². The highest BCUT2D eigenvalue weighted by atomic mass is 19.1. The molecular formula is C26H28F3N5O4. The molecule has 0 radical (unpaired) electrons. The summed E-state index contributed by atoms with van der Waals surface area (Å²) >= 11 is 0. The molecule has 3 aliphatic rings. The lowest BCUT2D eigenvalue weighted by Gasteiger charge is -2.40. The van der Waals surface area contributed by atoms with Crippen molar-refractivity contribution in [2.45, 2.75) is 31.2 Å². The molecule has 2 unspecified atom stereocenters. The molecular weight excluding hydrogens is 503 g/mol. The van der Waals surface area contributed by atoms with Crippen LogP contribution in [0.1, 0.15) is 30.1 Å². The predicted octanol–water partition coefficient (Wildman–Crippen LogP) is 2.15.